The number of carbonyl (C=O) groups excluding carboxylic acids is 2. The van der Waals surface area contributed by atoms with Crippen LogP contribution in [0, 0.1) is 0 Å². The number of amides is 2. The lowest BCUT2D eigenvalue weighted by Gasteiger charge is -2.19. The summed E-state index contributed by atoms with van der Waals surface area (Å²) in [6, 6.07) is 4.83. The van der Waals surface area contributed by atoms with E-state index in [1.54, 1.807) is 23.1 Å². The van der Waals surface area contributed by atoms with E-state index in [1.807, 2.05) is 13.8 Å². The first kappa shape index (κ1) is 15.3. The van der Waals surface area contributed by atoms with Gasteiger partial charge in [0.15, 0.2) is 0 Å². The zero-order chi connectivity index (χ0) is 14.4. The summed E-state index contributed by atoms with van der Waals surface area (Å²) >= 11 is 5.92. The number of carbonyl (C=O) groups is 2. The van der Waals surface area contributed by atoms with Gasteiger partial charge in [0.25, 0.3) is 5.91 Å². The van der Waals surface area contributed by atoms with Gasteiger partial charge in [-0.3, -0.25) is 9.59 Å². The van der Waals surface area contributed by atoms with Crippen LogP contribution in [0.3, 0.4) is 0 Å². The van der Waals surface area contributed by atoms with Gasteiger partial charge in [-0.2, -0.15) is 0 Å². The Bertz CT molecular complexity index is 453. The summed E-state index contributed by atoms with van der Waals surface area (Å²) in [6.45, 7) is 4.93. The summed E-state index contributed by atoms with van der Waals surface area (Å²) in [5.41, 5.74) is 6.20. The monoisotopic (exact) mass is 283 g/mol. The number of nitrogens with zero attached hydrogens (tertiary/aromatic N) is 1. The molecule has 0 saturated carbocycles. The highest BCUT2D eigenvalue weighted by Crippen LogP contribution is 2.21. The molecule has 0 radical (unpaired) electrons. The molecule has 0 fully saturated rings. The fraction of sp³-hybridized carbons (Fsp3) is 0.385. The first-order chi connectivity index (χ1) is 9.01. The van der Waals surface area contributed by atoms with Crippen molar-refractivity contribution in [2.45, 2.75) is 13.8 Å². The zero-order valence-corrected chi connectivity index (χ0v) is 11.8. The first-order valence-corrected chi connectivity index (χ1v) is 6.49. The summed E-state index contributed by atoms with van der Waals surface area (Å²) in [4.78, 5) is 25.3. The van der Waals surface area contributed by atoms with Crippen LogP contribution in [-0.2, 0) is 4.79 Å². The van der Waals surface area contributed by atoms with Crippen LogP contribution in [-0.4, -0.2) is 36.3 Å². The highest BCUT2D eigenvalue weighted by Gasteiger charge is 2.16. The fourth-order valence-electron chi connectivity index (χ4n) is 1.71. The molecule has 3 N–H and O–H groups in total. The predicted octanol–water partition coefficient (Wildman–Crippen LogP) is 1.52. The molecule has 0 aliphatic heterocycles. The maximum atomic E-state index is 11.9. The van der Waals surface area contributed by atoms with E-state index >= 15 is 0 Å². The molecule has 6 heteroatoms. The number of halogens is 1. The molecular weight excluding hydrogens is 266 g/mol. The van der Waals surface area contributed by atoms with Crippen molar-refractivity contribution in [2.75, 3.05) is 25.4 Å². The van der Waals surface area contributed by atoms with E-state index in [0.717, 1.165) is 0 Å². The Labute approximate surface area is 117 Å². The molecule has 5 nitrogen and oxygen atoms in total. The lowest BCUT2D eigenvalue weighted by molar-refractivity contribution is -0.129. The summed E-state index contributed by atoms with van der Waals surface area (Å²) in [5.74, 6) is -0.576. The molecule has 0 bridgehead atoms. The van der Waals surface area contributed by atoms with Crippen LogP contribution in [0.1, 0.15) is 24.2 Å². The molecule has 2 amide bonds. The van der Waals surface area contributed by atoms with Crippen molar-refractivity contribution in [1.29, 1.82) is 0 Å². The SMILES string of the molecule is CCN(CC)C(=O)CNC(=O)c1c(N)cccc1Cl. The smallest absolute Gasteiger partial charge is 0.255 e. The average Bonchev–Trinajstić information content (AvgIpc) is 2.37. The number of rotatable bonds is 5. The van der Waals surface area contributed by atoms with Crippen molar-refractivity contribution in [3.63, 3.8) is 0 Å². The van der Waals surface area contributed by atoms with Gasteiger partial charge < -0.3 is 16.0 Å². The second-order valence-electron chi connectivity index (χ2n) is 3.95. The van der Waals surface area contributed by atoms with Crippen molar-refractivity contribution in [2.24, 2.45) is 0 Å². The van der Waals surface area contributed by atoms with Crippen molar-refractivity contribution >= 4 is 29.1 Å². The average molecular weight is 284 g/mol. The molecular formula is C13H18ClN3O2. The molecule has 0 heterocycles. The van der Waals surface area contributed by atoms with Gasteiger partial charge in [0, 0.05) is 18.8 Å². The second-order valence-corrected chi connectivity index (χ2v) is 4.36. The molecule has 0 aliphatic carbocycles. The quantitative estimate of drug-likeness (QED) is 0.805. The Kier molecular flexibility index (Phi) is 5.63. The molecule has 1 rings (SSSR count). The normalized spacial score (nSPS) is 10.1. The lowest BCUT2D eigenvalue weighted by Crippen LogP contribution is -2.40. The van der Waals surface area contributed by atoms with Crippen LogP contribution in [0.25, 0.3) is 0 Å². The van der Waals surface area contributed by atoms with Gasteiger partial charge in [0.05, 0.1) is 17.1 Å². The second kappa shape index (κ2) is 6.99. The van der Waals surface area contributed by atoms with E-state index in [9.17, 15) is 9.59 Å². The van der Waals surface area contributed by atoms with E-state index in [1.165, 1.54) is 0 Å². The molecule has 1 aromatic carbocycles. The number of anilines is 1. The zero-order valence-electron chi connectivity index (χ0n) is 11.1. The Balaban J connectivity index is 2.69. The fourth-order valence-corrected chi connectivity index (χ4v) is 1.98. The van der Waals surface area contributed by atoms with Crippen molar-refractivity contribution < 1.29 is 9.59 Å². The molecule has 19 heavy (non-hydrogen) atoms. The standard InChI is InChI=1S/C13H18ClN3O2/c1-3-17(4-2)11(18)8-16-13(19)12-9(14)6-5-7-10(12)15/h5-7H,3-4,8,15H2,1-2H3,(H,16,19). The topological polar surface area (TPSA) is 75.4 Å². The van der Waals surface area contributed by atoms with Crippen LogP contribution < -0.4 is 11.1 Å². The number of hydrogen-bond acceptors (Lipinski definition) is 3. The lowest BCUT2D eigenvalue weighted by atomic mass is 10.1. The van der Waals surface area contributed by atoms with Crippen LogP contribution in [0.4, 0.5) is 5.69 Å². The van der Waals surface area contributed by atoms with Crippen LogP contribution >= 0.6 is 11.6 Å². The van der Waals surface area contributed by atoms with E-state index in [2.05, 4.69) is 5.32 Å². The third-order valence-corrected chi connectivity index (χ3v) is 3.10. The maximum Gasteiger partial charge on any atom is 0.255 e. The van der Waals surface area contributed by atoms with Gasteiger partial charge in [-0.1, -0.05) is 17.7 Å². The van der Waals surface area contributed by atoms with Crippen molar-refractivity contribution in [3.8, 4) is 0 Å². The highest BCUT2D eigenvalue weighted by molar-refractivity contribution is 6.34. The van der Waals surface area contributed by atoms with E-state index in [0.29, 0.717) is 18.8 Å². The maximum absolute atomic E-state index is 11.9. The summed E-state index contributed by atoms with van der Waals surface area (Å²) in [7, 11) is 0. The number of hydrogen-bond donors (Lipinski definition) is 2. The molecule has 0 unspecified atom stereocenters. The molecule has 0 aromatic heterocycles. The minimum Gasteiger partial charge on any atom is -0.398 e. The van der Waals surface area contributed by atoms with Gasteiger partial charge in [-0.05, 0) is 26.0 Å². The Morgan fingerprint density at radius 3 is 2.47 bits per heavy atom. The first-order valence-electron chi connectivity index (χ1n) is 6.11. The molecule has 0 spiro atoms. The number of benzene rings is 1. The van der Waals surface area contributed by atoms with Crippen LogP contribution in [0.5, 0.6) is 0 Å². The minimum absolute atomic E-state index is 0.0643. The Morgan fingerprint density at radius 2 is 1.95 bits per heavy atom. The van der Waals surface area contributed by atoms with Gasteiger partial charge in [-0.15, -0.1) is 0 Å². The van der Waals surface area contributed by atoms with Crippen LogP contribution in [0.2, 0.25) is 5.02 Å². The summed E-state index contributed by atoms with van der Waals surface area (Å²) < 4.78 is 0. The number of nitrogen functional groups attached to an aromatic ring is 1. The van der Waals surface area contributed by atoms with Crippen molar-refractivity contribution in [3.05, 3.63) is 28.8 Å². The molecule has 0 aliphatic rings. The Hall–Kier alpha value is -1.75. The largest absolute Gasteiger partial charge is 0.398 e. The number of nitrogens with one attached hydrogen (secondary N) is 1. The van der Waals surface area contributed by atoms with Gasteiger partial charge in [0.1, 0.15) is 0 Å². The van der Waals surface area contributed by atoms with Crippen LogP contribution in [0.15, 0.2) is 18.2 Å². The third kappa shape index (κ3) is 3.86. The number of nitrogens with two attached hydrogens (primary N) is 1. The van der Waals surface area contributed by atoms with E-state index in [4.69, 9.17) is 17.3 Å². The van der Waals surface area contributed by atoms with Gasteiger partial charge in [0.2, 0.25) is 5.91 Å². The van der Waals surface area contributed by atoms with E-state index < -0.39 is 5.91 Å². The predicted molar refractivity (Wildman–Crippen MR) is 76.1 cm³/mol. The Morgan fingerprint density at radius 1 is 1.32 bits per heavy atom. The number of likely N-dealkylation sites (N-methyl/N-ethyl adjacent to an activating group) is 1. The molecule has 0 saturated heterocycles. The molecule has 0 atom stereocenters. The minimum atomic E-state index is -0.441. The van der Waals surface area contributed by atoms with Crippen molar-refractivity contribution in [1.82, 2.24) is 10.2 Å². The van der Waals surface area contributed by atoms with E-state index in [-0.39, 0.29) is 23.0 Å². The molecule has 104 valence electrons. The molecule has 1 aromatic rings. The van der Waals surface area contributed by atoms with Gasteiger partial charge >= 0.3 is 0 Å². The third-order valence-electron chi connectivity index (χ3n) is 2.79. The highest BCUT2D eigenvalue weighted by atomic mass is 35.5. The van der Waals surface area contributed by atoms with Gasteiger partial charge in [-0.25, -0.2) is 0 Å². The summed E-state index contributed by atoms with van der Waals surface area (Å²) in [6.07, 6.45) is 0. The summed E-state index contributed by atoms with van der Waals surface area (Å²) in [5, 5.41) is 2.81.